The highest BCUT2D eigenvalue weighted by Crippen LogP contribution is 2.27. The number of nitrogens with zero attached hydrogens (tertiary/aromatic N) is 2. The minimum atomic E-state index is 0.708. The van der Waals surface area contributed by atoms with Gasteiger partial charge in [-0.1, -0.05) is 37.1 Å². The maximum Gasteiger partial charge on any atom is 0.0910 e. The van der Waals surface area contributed by atoms with Crippen molar-refractivity contribution in [3.63, 3.8) is 0 Å². The predicted molar refractivity (Wildman–Crippen MR) is 71.9 cm³/mol. The summed E-state index contributed by atoms with van der Waals surface area (Å²) < 4.78 is 0. The van der Waals surface area contributed by atoms with Gasteiger partial charge in [-0.2, -0.15) is 0 Å². The van der Waals surface area contributed by atoms with Gasteiger partial charge in [0.15, 0.2) is 0 Å². The number of aliphatic imine (C=N–C) groups is 1. The minimum absolute atomic E-state index is 0.708. The summed E-state index contributed by atoms with van der Waals surface area (Å²) in [5.74, 6) is 0. The minimum Gasteiger partial charge on any atom is -0.366 e. The molecule has 1 aromatic rings. The van der Waals surface area contributed by atoms with Gasteiger partial charge in [0, 0.05) is 13.6 Å². The smallest absolute Gasteiger partial charge is 0.0910 e. The molecule has 0 unspecified atom stereocenters. The Bertz CT molecular complexity index is 341. The second-order valence-electron chi connectivity index (χ2n) is 3.98. The number of hydrogen-bond acceptors (Lipinski definition) is 1. The van der Waals surface area contributed by atoms with E-state index in [1.54, 1.807) is 0 Å². The molecule has 0 saturated carbocycles. The highest BCUT2D eigenvalue weighted by atomic mass is 35.5. The molecule has 0 aromatic heterocycles. The molecular formula is C13H19ClN2. The zero-order valence-corrected chi connectivity index (χ0v) is 11.0. The molecule has 0 radical (unpaired) electrons. The number of rotatable bonds is 5. The number of hydrogen-bond donors (Lipinski definition) is 0. The highest BCUT2D eigenvalue weighted by Gasteiger charge is 2.00. The van der Waals surface area contributed by atoms with E-state index in [9.17, 15) is 0 Å². The quantitative estimate of drug-likeness (QED) is 0.558. The zero-order valence-electron chi connectivity index (χ0n) is 10.2. The van der Waals surface area contributed by atoms with Gasteiger partial charge in [0.1, 0.15) is 0 Å². The summed E-state index contributed by atoms with van der Waals surface area (Å²) in [5.41, 5.74) is 1.97. The number of para-hydroxylation sites is 1. The van der Waals surface area contributed by atoms with Crippen LogP contribution in [0.3, 0.4) is 0 Å². The van der Waals surface area contributed by atoms with E-state index in [4.69, 9.17) is 11.6 Å². The normalized spacial score (nSPS) is 11.0. The van der Waals surface area contributed by atoms with Gasteiger partial charge in [0.25, 0.3) is 0 Å². The van der Waals surface area contributed by atoms with Crippen LogP contribution in [-0.2, 0) is 0 Å². The van der Waals surface area contributed by atoms with Crippen LogP contribution in [-0.4, -0.2) is 24.8 Å². The summed E-state index contributed by atoms with van der Waals surface area (Å²) in [7, 11) is 2.03. The lowest BCUT2D eigenvalue weighted by molar-refractivity contribution is 0.497. The molecule has 0 aliphatic carbocycles. The van der Waals surface area contributed by atoms with E-state index in [-0.39, 0.29) is 0 Å². The molecular weight excluding hydrogens is 220 g/mol. The molecule has 0 heterocycles. The molecule has 0 saturated heterocycles. The molecule has 1 aromatic carbocycles. The fraction of sp³-hybridized carbons (Fsp3) is 0.462. The summed E-state index contributed by atoms with van der Waals surface area (Å²) in [6.45, 7) is 5.23. The third-order valence-corrected chi connectivity index (χ3v) is 2.74. The molecule has 16 heavy (non-hydrogen) atoms. The fourth-order valence-electron chi connectivity index (χ4n) is 1.41. The Hall–Kier alpha value is -1.02. The van der Waals surface area contributed by atoms with Crippen molar-refractivity contribution >= 4 is 23.6 Å². The lowest BCUT2D eigenvalue weighted by atomic mass is 10.2. The van der Waals surface area contributed by atoms with Crippen molar-refractivity contribution < 1.29 is 0 Å². The standard InChI is InChI=1S/C13H19ClN2/c1-4-5-9-16(3)10-15-13-11(2)7-6-8-12(13)14/h6-8,10H,4-5,9H2,1-3H3. The molecule has 0 spiro atoms. The Morgan fingerprint density at radius 3 is 2.81 bits per heavy atom. The van der Waals surface area contributed by atoms with Gasteiger partial charge < -0.3 is 4.90 Å². The zero-order chi connectivity index (χ0) is 12.0. The molecule has 0 amide bonds. The van der Waals surface area contributed by atoms with Crippen molar-refractivity contribution in [3.8, 4) is 0 Å². The first-order valence-corrected chi connectivity index (χ1v) is 6.02. The molecule has 0 aliphatic heterocycles. The van der Waals surface area contributed by atoms with Crippen molar-refractivity contribution in [1.82, 2.24) is 4.90 Å². The van der Waals surface area contributed by atoms with E-state index in [1.807, 2.05) is 38.5 Å². The summed E-state index contributed by atoms with van der Waals surface area (Å²) >= 11 is 6.09. The van der Waals surface area contributed by atoms with Gasteiger partial charge >= 0.3 is 0 Å². The lowest BCUT2D eigenvalue weighted by Gasteiger charge is -2.12. The Labute approximate surface area is 103 Å². The average Bonchev–Trinajstić information content (AvgIpc) is 2.25. The summed E-state index contributed by atoms with van der Waals surface area (Å²) in [4.78, 5) is 6.52. The monoisotopic (exact) mass is 238 g/mol. The van der Waals surface area contributed by atoms with Crippen LogP contribution < -0.4 is 0 Å². The van der Waals surface area contributed by atoms with Gasteiger partial charge in [0.05, 0.1) is 17.0 Å². The summed E-state index contributed by atoms with van der Waals surface area (Å²) in [6.07, 6.45) is 4.23. The van der Waals surface area contributed by atoms with Crippen molar-refractivity contribution in [2.45, 2.75) is 26.7 Å². The molecule has 0 aliphatic rings. The molecule has 0 N–H and O–H groups in total. The van der Waals surface area contributed by atoms with Crippen molar-refractivity contribution in [3.05, 3.63) is 28.8 Å². The number of benzene rings is 1. The van der Waals surface area contributed by atoms with Crippen LogP contribution in [0.1, 0.15) is 25.3 Å². The van der Waals surface area contributed by atoms with Crippen LogP contribution in [0.4, 0.5) is 5.69 Å². The first kappa shape index (κ1) is 13.0. The first-order chi connectivity index (χ1) is 7.65. The molecule has 0 atom stereocenters. The van der Waals surface area contributed by atoms with Crippen LogP contribution in [0.2, 0.25) is 5.02 Å². The molecule has 0 bridgehead atoms. The molecule has 0 fully saturated rings. The topological polar surface area (TPSA) is 15.6 Å². The third kappa shape index (κ3) is 3.86. The highest BCUT2D eigenvalue weighted by molar-refractivity contribution is 6.33. The Morgan fingerprint density at radius 1 is 1.44 bits per heavy atom. The predicted octanol–water partition coefficient (Wildman–Crippen LogP) is 4.04. The van der Waals surface area contributed by atoms with Crippen LogP contribution in [0.25, 0.3) is 0 Å². The maximum absolute atomic E-state index is 6.09. The van der Waals surface area contributed by atoms with E-state index in [2.05, 4.69) is 16.8 Å². The van der Waals surface area contributed by atoms with Gasteiger partial charge in [-0.25, -0.2) is 4.99 Å². The van der Waals surface area contributed by atoms with Gasteiger partial charge in [0.2, 0.25) is 0 Å². The second-order valence-corrected chi connectivity index (χ2v) is 4.39. The van der Waals surface area contributed by atoms with Crippen LogP contribution in [0.5, 0.6) is 0 Å². The van der Waals surface area contributed by atoms with Crippen LogP contribution in [0, 0.1) is 6.92 Å². The average molecular weight is 239 g/mol. The van der Waals surface area contributed by atoms with Gasteiger partial charge in [-0.3, -0.25) is 0 Å². The third-order valence-electron chi connectivity index (χ3n) is 2.44. The van der Waals surface area contributed by atoms with Crippen molar-refractivity contribution in [2.75, 3.05) is 13.6 Å². The van der Waals surface area contributed by atoms with E-state index >= 15 is 0 Å². The SMILES string of the molecule is CCCCN(C)C=Nc1c(C)cccc1Cl. The maximum atomic E-state index is 6.09. The number of unbranched alkanes of at least 4 members (excludes halogenated alkanes) is 1. The molecule has 2 nitrogen and oxygen atoms in total. The summed E-state index contributed by atoms with van der Waals surface area (Å²) in [5, 5.41) is 0.708. The molecule has 3 heteroatoms. The number of aryl methyl sites for hydroxylation is 1. The van der Waals surface area contributed by atoms with E-state index in [0.717, 1.165) is 17.8 Å². The summed E-state index contributed by atoms with van der Waals surface area (Å²) in [6, 6.07) is 5.83. The van der Waals surface area contributed by atoms with Gasteiger partial charge in [-0.15, -0.1) is 0 Å². The first-order valence-electron chi connectivity index (χ1n) is 5.64. The Kier molecular flexibility index (Phi) is 5.33. The van der Waals surface area contributed by atoms with E-state index in [1.165, 1.54) is 12.8 Å². The number of halogens is 1. The Balaban J connectivity index is 2.68. The Morgan fingerprint density at radius 2 is 2.19 bits per heavy atom. The largest absolute Gasteiger partial charge is 0.366 e. The lowest BCUT2D eigenvalue weighted by Crippen LogP contribution is -2.16. The van der Waals surface area contributed by atoms with E-state index in [0.29, 0.717) is 5.02 Å². The molecule has 1 rings (SSSR count). The van der Waals surface area contributed by atoms with Crippen LogP contribution >= 0.6 is 11.6 Å². The van der Waals surface area contributed by atoms with Gasteiger partial charge in [-0.05, 0) is 25.0 Å². The fourth-order valence-corrected chi connectivity index (χ4v) is 1.68. The van der Waals surface area contributed by atoms with Crippen molar-refractivity contribution in [1.29, 1.82) is 0 Å². The molecule has 88 valence electrons. The van der Waals surface area contributed by atoms with E-state index < -0.39 is 0 Å². The van der Waals surface area contributed by atoms with Crippen molar-refractivity contribution in [2.24, 2.45) is 4.99 Å². The second kappa shape index (κ2) is 6.54. The van der Waals surface area contributed by atoms with Crippen LogP contribution in [0.15, 0.2) is 23.2 Å².